The van der Waals surface area contributed by atoms with Crippen LogP contribution in [0.5, 0.6) is 5.75 Å². The SMILES string of the molecule is O=C1CCCN1c1ccc(OCCCC2CCCNC2)c(CO)c1. The minimum absolute atomic E-state index is 0.0717. The van der Waals surface area contributed by atoms with Gasteiger partial charge in [0.1, 0.15) is 5.75 Å². The van der Waals surface area contributed by atoms with Crippen molar-refractivity contribution in [3.63, 3.8) is 0 Å². The van der Waals surface area contributed by atoms with Gasteiger partial charge in [0.25, 0.3) is 0 Å². The fourth-order valence-corrected chi connectivity index (χ4v) is 3.64. The molecule has 0 aliphatic carbocycles. The Labute approximate surface area is 144 Å². The molecular weight excluding hydrogens is 304 g/mol. The predicted octanol–water partition coefficient (Wildman–Crippen LogP) is 2.46. The van der Waals surface area contributed by atoms with Gasteiger partial charge in [-0.2, -0.15) is 0 Å². The van der Waals surface area contributed by atoms with Crippen LogP contribution in [-0.2, 0) is 11.4 Å². The summed E-state index contributed by atoms with van der Waals surface area (Å²) < 4.78 is 5.88. The number of ether oxygens (including phenoxy) is 1. The van der Waals surface area contributed by atoms with Crippen LogP contribution < -0.4 is 15.0 Å². The third kappa shape index (κ3) is 4.28. The lowest BCUT2D eigenvalue weighted by Crippen LogP contribution is -2.29. The van der Waals surface area contributed by atoms with Gasteiger partial charge in [0.2, 0.25) is 5.91 Å². The highest BCUT2D eigenvalue weighted by atomic mass is 16.5. The zero-order valence-corrected chi connectivity index (χ0v) is 14.3. The Bertz CT molecular complexity index is 556. The minimum atomic E-state index is -0.0717. The van der Waals surface area contributed by atoms with E-state index in [-0.39, 0.29) is 12.5 Å². The molecule has 0 aromatic heterocycles. The Morgan fingerprint density at radius 3 is 2.96 bits per heavy atom. The average Bonchev–Trinajstić information content (AvgIpc) is 3.05. The fraction of sp³-hybridized carbons (Fsp3) is 0.632. The van der Waals surface area contributed by atoms with E-state index in [2.05, 4.69) is 5.32 Å². The number of hydrogen-bond donors (Lipinski definition) is 2. The number of aliphatic hydroxyl groups excluding tert-OH is 1. The average molecular weight is 332 g/mol. The Balaban J connectivity index is 1.52. The summed E-state index contributed by atoms with van der Waals surface area (Å²) in [6.07, 6.45) is 6.32. The van der Waals surface area contributed by atoms with Gasteiger partial charge in [0.15, 0.2) is 0 Å². The first kappa shape index (κ1) is 17.2. The molecule has 1 aromatic rings. The van der Waals surface area contributed by atoms with Crippen LogP contribution in [0.4, 0.5) is 5.69 Å². The molecule has 0 spiro atoms. The Morgan fingerprint density at radius 2 is 2.25 bits per heavy atom. The number of amides is 1. The first-order valence-corrected chi connectivity index (χ1v) is 9.15. The van der Waals surface area contributed by atoms with Crippen molar-refractivity contribution in [3.8, 4) is 5.75 Å². The number of anilines is 1. The largest absolute Gasteiger partial charge is 0.493 e. The monoisotopic (exact) mass is 332 g/mol. The van der Waals surface area contributed by atoms with Gasteiger partial charge in [-0.1, -0.05) is 0 Å². The Morgan fingerprint density at radius 1 is 1.33 bits per heavy atom. The third-order valence-electron chi connectivity index (χ3n) is 5.01. The second kappa shape index (κ2) is 8.49. The molecule has 24 heavy (non-hydrogen) atoms. The summed E-state index contributed by atoms with van der Waals surface area (Å²) in [4.78, 5) is 13.6. The van der Waals surface area contributed by atoms with Gasteiger partial charge in [-0.3, -0.25) is 4.79 Å². The summed E-state index contributed by atoms with van der Waals surface area (Å²) in [7, 11) is 0. The number of hydrogen-bond acceptors (Lipinski definition) is 4. The van der Waals surface area contributed by atoms with Crippen molar-refractivity contribution in [2.24, 2.45) is 5.92 Å². The normalized spacial score (nSPS) is 21.3. The maximum atomic E-state index is 11.8. The number of carbonyl (C=O) groups is 1. The summed E-state index contributed by atoms with van der Waals surface area (Å²) in [5.74, 6) is 1.66. The van der Waals surface area contributed by atoms with Gasteiger partial charge in [-0.05, 0) is 69.3 Å². The Hall–Kier alpha value is -1.59. The van der Waals surface area contributed by atoms with Crippen LogP contribution in [0.1, 0.15) is 44.1 Å². The van der Waals surface area contributed by atoms with E-state index in [0.717, 1.165) is 55.4 Å². The molecule has 5 nitrogen and oxygen atoms in total. The summed E-state index contributed by atoms with van der Waals surface area (Å²) in [5.41, 5.74) is 1.62. The van der Waals surface area contributed by atoms with E-state index in [0.29, 0.717) is 13.0 Å². The fourth-order valence-electron chi connectivity index (χ4n) is 3.64. The highest BCUT2D eigenvalue weighted by Crippen LogP contribution is 2.28. The number of benzene rings is 1. The molecule has 2 heterocycles. The minimum Gasteiger partial charge on any atom is -0.493 e. The number of piperidine rings is 1. The lowest BCUT2D eigenvalue weighted by molar-refractivity contribution is -0.117. The van der Waals surface area contributed by atoms with E-state index in [1.807, 2.05) is 18.2 Å². The molecule has 2 fully saturated rings. The van der Waals surface area contributed by atoms with Crippen LogP contribution in [0.15, 0.2) is 18.2 Å². The number of aliphatic hydroxyl groups is 1. The van der Waals surface area contributed by atoms with Crippen molar-refractivity contribution in [2.75, 3.05) is 31.1 Å². The molecular formula is C19H28N2O3. The molecule has 2 N–H and O–H groups in total. The van der Waals surface area contributed by atoms with Gasteiger partial charge in [0.05, 0.1) is 13.2 Å². The lowest BCUT2D eigenvalue weighted by atomic mass is 9.95. The molecule has 5 heteroatoms. The second-order valence-electron chi connectivity index (χ2n) is 6.80. The van der Waals surface area contributed by atoms with E-state index in [9.17, 15) is 9.90 Å². The van der Waals surface area contributed by atoms with E-state index in [1.165, 1.54) is 19.3 Å². The zero-order valence-electron chi connectivity index (χ0n) is 14.3. The maximum absolute atomic E-state index is 11.8. The molecule has 3 rings (SSSR count). The number of nitrogens with zero attached hydrogens (tertiary/aromatic N) is 1. The van der Waals surface area contributed by atoms with Crippen molar-refractivity contribution in [1.82, 2.24) is 5.32 Å². The predicted molar refractivity (Wildman–Crippen MR) is 94.3 cm³/mol. The van der Waals surface area contributed by atoms with Crippen molar-refractivity contribution in [3.05, 3.63) is 23.8 Å². The van der Waals surface area contributed by atoms with E-state index in [1.54, 1.807) is 4.90 Å². The van der Waals surface area contributed by atoms with Crippen molar-refractivity contribution in [1.29, 1.82) is 0 Å². The van der Waals surface area contributed by atoms with E-state index < -0.39 is 0 Å². The molecule has 0 bridgehead atoms. The van der Waals surface area contributed by atoms with Gasteiger partial charge in [-0.25, -0.2) is 0 Å². The Kier molecular flexibility index (Phi) is 6.10. The molecule has 0 saturated carbocycles. The van der Waals surface area contributed by atoms with Gasteiger partial charge in [-0.15, -0.1) is 0 Å². The zero-order chi connectivity index (χ0) is 16.8. The first-order chi connectivity index (χ1) is 11.8. The summed E-state index contributed by atoms with van der Waals surface area (Å²) in [6, 6.07) is 5.68. The van der Waals surface area contributed by atoms with Crippen LogP contribution in [0.2, 0.25) is 0 Å². The van der Waals surface area contributed by atoms with E-state index in [4.69, 9.17) is 4.74 Å². The molecule has 2 aliphatic heterocycles. The van der Waals surface area contributed by atoms with Crippen LogP contribution in [0.3, 0.4) is 0 Å². The lowest BCUT2D eigenvalue weighted by Gasteiger charge is -2.22. The topological polar surface area (TPSA) is 61.8 Å². The maximum Gasteiger partial charge on any atom is 0.227 e. The molecule has 2 aliphatic rings. The third-order valence-corrected chi connectivity index (χ3v) is 5.01. The molecule has 1 atom stereocenters. The second-order valence-corrected chi connectivity index (χ2v) is 6.80. The summed E-state index contributed by atoms with van der Waals surface area (Å²) in [5, 5.41) is 13.1. The molecule has 1 unspecified atom stereocenters. The van der Waals surface area contributed by atoms with Crippen LogP contribution in [0, 0.1) is 5.92 Å². The summed E-state index contributed by atoms with van der Waals surface area (Å²) in [6.45, 7) is 3.64. The number of nitrogens with one attached hydrogen (secondary N) is 1. The standard InChI is InChI=1S/C19H28N2O3/c22-14-16-12-17(21-10-2-6-19(21)23)7-8-18(16)24-11-3-5-15-4-1-9-20-13-15/h7-8,12,15,20,22H,1-6,9-11,13-14H2. The van der Waals surface area contributed by atoms with Crippen LogP contribution >= 0.6 is 0 Å². The molecule has 1 aromatic carbocycles. The molecule has 0 radical (unpaired) electrons. The number of rotatable bonds is 7. The van der Waals surface area contributed by atoms with Gasteiger partial charge >= 0.3 is 0 Å². The van der Waals surface area contributed by atoms with Crippen molar-refractivity contribution < 1.29 is 14.6 Å². The quantitative estimate of drug-likeness (QED) is 0.753. The molecule has 2 saturated heterocycles. The number of carbonyl (C=O) groups excluding carboxylic acids is 1. The smallest absolute Gasteiger partial charge is 0.227 e. The van der Waals surface area contributed by atoms with Crippen molar-refractivity contribution in [2.45, 2.75) is 45.1 Å². The van der Waals surface area contributed by atoms with Crippen LogP contribution in [0.25, 0.3) is 0 Å². The highest BCUT2D eigenvalue weighted by Gasteiger charge is 2.22. The van der Waals surface area contributed by atoms with Crippen molar-refractivity contribution >= 4 is 11.6 Å². The van der Waals surface area contributed by atoms with Gasteiger partial charge in [0, 0.05) is 24.2 Å². The van der Waals surface area contributed by atoms with Crippen LogP contribution in [-0.4, -0.2) is 37.3 Å². The van der Waals surface area contributed by atoms with Gasteiger partial charge < -0.3 is 20.1 Å². The molecule has 132 valence electrons. The first-order valence-electron chi connectivity index (χ1n) is 9.15. The summed E-state index contributed by atoms with van der Waals surface area (Å²) >= 11 is 0. The van der Waals surface area contributed by atoms with E-state index >= 15 is 0 Å². The molecule has 1 amide bonds. The highest BCUT2D eigenvalue weighted by molar-refractivity contribution is 5.95.